The van der Waals surface area contributed by atoms with Crippen LogP contribution in [-0.4, -0.2) is 19.8 Å². The van der Waals surface area contributed by atoms with Gasteiger partial charge >= 0.3 is 0 Å². The van der Waals surface area contributed by atoms with Gasteiger partial charge in [0.1, 0.15) is 37.1 Å². The normalized spacial score (nSPS) is 10.7. The van der Waals surface area contributed by atoms with Crippen LogP contribution in [0.5, 0.6) is 17.2 Å². The highest BCUT2D eigenvalue weighted by Crippen LogP contribution is 2.39. The maximum absolute atomic E-state index is 5.96. The Morgan fingerprint density at radius 2 is 0.944 bits per heavy atom. The van der Waals surface area contributed by atoms with Crippen molar-refractivity contribution < 1.29 is 14.2 Å². The second-order valence-corrected chi connectivity index (χ2v) is 9.22. The van der Waals surface area contributed by atoms with Crippen LogP contribution in [0.4, 0.5) is 0 Å². The molecular formula is C33H38O3. The van der Waals surface area contributed by atoms with Crippen LogP contribution in [0.1, 0.15) is 50.4 Å². The Bertz CT molecular complexity index is 1140. The molecule has 0 fully saturated rings. The second-order valence-electron chi connectivity index (χ2n) is 9.22. The van der Waals surface area contributed by atoms with Crippen molar-refractivity contribution >= 4 is 0 Å². The molecule has 0 amide bonds. The summed E-state index contributed by atoms with van der Waals surface area (Å²) in [6, 6.07) is 15.4. The minimum Gasteiger partial charge on any atom is -0.489 e. The van der Waals surface area contributed by atoms with E-state index in [2.05, 4.69) is 96.8 Å². The van der Waals surface area contributed by atoms with E-state index in [0.29, 0.717) is 19.8 Å². The molecule has 0 aromatic heterocycles. The van der Waals surface area contributed by atoms with Gasteiger partial charge in [-0.05, 0) is 85.2 Å². The molecule has 0 aliphatic heterocycles. The number of hydrogen-bond acceptors (Lipinski definition) is 3. The Hall–Kier alpha value is -3.72. The Labute approximate surface area is 216 Å². The molecule has 0 bridgehead atoms. The summed E-state index contributed by atoms with van der Waals surface area (Å²) in [6.07, 6.45) is 5.31. The van der Waals surface area contributed by atoms with Crippen LogP contribution in [-0.2, 0) is 0 Å². The average Bonchev–Trinajstić information content (AvgIpc) is 2.83. The fraction of sp³-hybridized carbons (Fsp3) is 0.273. The SMILES string of the molecule is C=CCOc1ccc(C(c2cc(C)c(OCC=C)c(C)c2)c2cc(C)c(OCC=C)c(C)c2)cc1C. The van der Waals surface area contributed by atoms with Crippen LogP contribution in [0.2, 0.25) is 0 Å². The lowest BCUT2D eigenvalue weighted by Gasteiger charge is -2.24. The summed E-state index contributed by atoms with van der Waals surface area (Å²) in [5.41, 5.74) is 9.17. The summed E-state index contributed by atoms with van der Waals surface area (Å²) < 4.78 is 17.8. The first-order chi connectivity index (χ1) is 17.3. The van der Waals surface area contributed by atoms with Crippen molar-refractivity contribution in [3.05, 3.63) is 125 Å². The highest BCUT2D eigenvalue weighted by molar-refractivity contribution is 5.55. The van der Waals surface area contributed by atoms with E-state index in [1.165, 1.54) is 16.7 Å². The van der Waals surface area contributed by atoms with Gasteiger partial charge in [-0.1, -0.05) is 74.4 Å². The molecule has 0 atom stereocenters. The van der Waals surface area contributed by atoms with Crippen molar-refractivity contribution in [1.82, 2.24) is 0 Å². The van der Waals surface area contributed by atoms with E-state index in [0.717, 1.165) is 45.1 Å². The summed E-state index contributed by atoms with van der Waals surface area (Å²) >= 11 is 0. The molecular weight excluding hydrogens is 444 g/mol. The van der Waals surface area contributed by atoms with E-state index in [4.69, 9.17) is 14.2 Å². The third-order valence-electron chi connectivity index (χ3n) is 6.21. The zero-order valence-corrected chi connectivity index (χ0v) is 22.3. The van der Waals surface area contributed by atoms with Gasteiger partial charge in [0.25, 0.3) is 0 Å². The van der Waals surface area contributed by atoms with Crippen LogP contribution >= 0.6 is 0 Å². The van der Waals surface area contributed by atoms with Gasteiger partial charge in [-0.15, -0.1) is 0 Å². The minimum atomic E-state index is 0.0360. The molecule has 0 heterocycles. The molecule has 3 aromatic carbocycles. The molecule has 0 saturated carbocycles. The van der Waals surface area contributed by atoms with Gasteiger partial charge in [0, 0.05) is 5.92 Å². The summed E-state index contributed by atoms with van der Waals surface area (Å²) in [6.45, 7) is 23.3. The third kappa shape index (κ3) is 6.09. The number of rotatable bonds is 12. The van der Waals surface area contributed by atoms with Gasteiger partial charge in [0.2, 0.25) is 0 Å². The van der Waals surface area contributed by atoms with E-state index in [-0.39, 0.29) is 5.92 Å². The molecule has 0 aliphatic rings. The lowest BCUT2D eigenvalue weighted by atomic mass is 9.82. The van der Waals surface area contributed by atoms with Crippen molar-refractivity contribution in [2.45, 2.75) is 40.5 Å². The standard InChI is InChI=1S/C33H38O3/c1-9-14-34-30-13-12-27(17-22(30)4)31(28-18-23(5)32(24(6)19-28)35-15-10-2)29-20-25(7)33(26(8)21-29)36-16-11-3/h9-13,17-21,31H,1-3,14-16H2,4-8H3. The Morgan fingerprint density at radius 3 is 1.33 bits per heavy atom. The van der Waals surface area contributed by atoms with Gasteiger partial charge in [-0.25, -0.2) is 0 Å². The number of hydrogen-bond donors (Lipinski definition) is 0. The Balaban J connectivity index is 2.17. The van der Waals surface area contributed by atoms with Crippen molar-refractivity contribution in [2.24, 2.45) is 0 Å². The Kier molecular flexibility index (Phi) is 9.19. The van der Waals surface area contributed by atoms with Crippen molar-refractivity contribution in [2.75, 3.05) is 19.8 Å². The zero-order chi connectivity index (χ0) is 26.2. The van der Waals surface area contributed by atoms with E-state index in [9.17, 15) is 0 Å². The lowest BCUT2D eigenvalue weighted by molar-refractivity contribution is 0.358. The zero-order valence-electron chi connectivity index (χ0n) is 22.3. The van der Waals surface area contributed by atoms with E-state index >= 15 is 0 Å². The molecule has 0 radical (unpaired) electrons. The largest absolute Gasteiger partial charge is 0.489 e. The van der Waals surface area contributed by atoms with Gasteiger partial charge in [0.15, 0.2) is 0 Å². The quantitative estimate of drug-likeness (QED) is 0.193. The first-order valence-electron chi connectivity index (χ1n) is 12.3. The van der Waals surface area contributed by atoms with Gasteiger partial charge in [-0.2, -0.15) is 0 Å². The first kappa shape index (κ1) is 26.9. The summed E-state index contributed by atoms with van der Waals surface area (Å²) in [7, 11) is 0. The molecule has 0 aliphatic carbocycles. The summed E-state index contributed by atoms with van der Waals surface area (Å²) in [5.74, 6) is 2.75. The van der Waals surface area contributed by atoms with Crippen molar-refractivity contribution in [3.63, 3.8) is 0 Å². The predicted octanol–water partition coefficient (Wildman–Crippen LogP) is 8.10. The predicted molar refractivity (Wildman–Crippen MR) is 151 cm³/mol. The molecule has 3 heteroatoms. The van der Waals surface area contributed by atoms with Crippen LogP contribution in [0, 0.1) is 34.6 Å². The fourth-order valence-electron chi connectivity index (χ4n) is 4.78. The topological polar surface area (TPSA) is 27.7 Å². The molecule has 3 aromatic rings. The van der Waals surface area contributed by atoms with Crippen molar-refractivity contribution in [1.29, 1.82) is 0 Å². The van der Waals surface area contributed by atoms with Crippen LogP contribution < -0.4 is 14.2 Å². The average molecular weight is 483 g/mol. The molecule has 0 spiro atoms. The second kappa shape index (κ2) is 12.3. The van der Waals surface area contributed by atoms with E-state index in [1.54, 1.807) is 18.2 Å². The first-order valence-corrected chi connectivity index (χ1v) is 12.3. The van der Waals surface area contributed by atoms with Crippen molar-refractivity contribution in [3.8, 4) is 17.2 Å². The van der Waals surface area contributed by atoms with Crippen LogP contribution in [0.3, 0.4) is 0 Å². The molecule has 0 saturated heterocycles. The van der Waals surface area contributed by atoms with Crippen LogP contribution in [0.15, 0.2) is 80.4 Å². The monoisotopic (exact) mass is 482 g/mol. The molecule has 188 valence electrons. The highest BCUT2D eigenvalue weighted by atomic mass is 16.5. The molecule has 36 heavy (non-hydrogen) atoms. The molecule has 0 unspecified atom stereocenters. The minimum absolute atomic E-state index is 0.0360. The number of ether oxygens (including phenoxy) is 3. The van der Waals surface area contributed by atoms with Gasteiger partial charge < -0.3 is 14.2 Å². The lowest BCUT2D eigenvalue weighted by Crippen LogP contribution is -2.08. The molecule has 3 rings (SSSR count). The van der Waals surface area contributed by atoms with Crippen LogP contribution in [0.25, 0.3) is 0 Å². The Morgan fingerprint density at radius 1 is 0.556 bits per heavy atom. The molecule has 0 N–H and O–H groups in total. The third-order valence-corrected chi connectivity index (χ3v) is 6.21. The molecule has 3 nitrogen and oxygen atoms in total. The maximum atomic E-state index is 5.96. The summed E-state index contributed by atoms with van der Waals surface area (Å²) in [5, 5.41) is 0. The van der Waals surface area contributed by atoms with Gasteiger partial charge in [-0.3, -0.25) is 0 Å². The highest BCUT2D eigenvalue weighted by Gasteiger charge is 2.22. The number of benzene rings is 3. The number of aryl methyl sites for hydroxylation is 5. The smallest absolute Gasteiger partial charge is 0.125 e. The van der Waals surface area contributed by atoms with E-state index in [1.807, 2.05) is 0 Å². The fourth-order valence-corrected chi connectivity index (χ4v) is 4.78. The van der Waals surface area contributed by atoms with Gasteiger partial charge in [0.05, 0.1) is 0 Å². The van der Waals surface area contributed by atoms with E-state index < -0.39 is 0 Å². The maximum Gasteiger partial charge on any atom is 0.125 e. The summed E-state index contributed by atoms with van der Waals surface area (Å²) in [4.78, 5) is 0.